The zero-order valence-corrected chi connectivity index (χ0v) is 10.0. The van der Waals surface area contributed by atoms with E-state index in [0.717, 1.165) is 23.6 Å². The van der Waals surface area contributed by atoms with Crippen LogP contribution in [-0.4, -0.2) is 28.7 Å². The molecule has 1 N–H and O–H groups in total. The highest BCUT2D eigenvalue weighted by molar-refractivity contribution is 7.05. The van der Waals surface area contributed by atoms with Crippen molar-refractivity contribution in [2.24, 2.45) is 5.92 Å². The number of aromatic nitrogens is 2. The fourth-order valence-corrected chi connectivity index (χ4v) is 2.24. The van der Waals surface area contributed by atoms with Crippen molar-refractivity contribution >= 4 is 17.4 Å². The highest BCUT2D eigenvalue weighted by Gasteiger charge is 2.19. The van der Waals surface area contributed by atoms with Gasteiger partial charge in [0.05, 0.1) is 17.1 Å². The van der Waals surface area contributed by atoms with Crippen molar-refractivity contribution in [1.29, 1.82) is 0 Å². The molecule has 16 heavy (non-hydrogen) atoms. The smallest absolute Gasteiger partial charge is 0.220 e. The molecule has 1 aromatic rings. The molecule has 0 bridgehead atoms. The van der Waals surface area contributed by atoms with Gasteiger partial charge in [-0.15, -0.1) is 5.10 Å². The number of nitrogens with zero attached hydrogens (tertiary/aromatic N) is 2. The third-order valence-corrected chi connectivity index (χ3v) is 3.51. The van der Waals surface area contributed by atoms with Crippen LogP contribution in [0.25, 0.3) is 0 Å². The molecule has 1 aliphatic heterocycles. The summed E-state index contributed by atoms with van der Waals surface area (Å²) in [5.41, 5.74) is 0.898. The van der Waals surface area contributed by atoms with E-state index in [0.29, 0.717) is 25.5 Å². The number of aryl methyl sites for hydroxylation is 1. The Hall–Kier alpha value is -1.01. The van der Waals surface area contributed by atoms with Crippen molar-refractivity contribution in [1.82, 2.24) is 14.9 Å². The number of hydrogen-bond acceptors (Lipinski definition) is 5. The first kappa shape index (κ1) is 11.5. The van der Waals surface area contributed by atoms with E-state index < -0.39 is 0 Å². The standard InChI is InChI=1S/C10H15N3O2S/c1-7-9(16-13-12-7)5-11-10(14)4-8-2-3-15-6-8/h8H,2-6H2,1H3,(H,11,14)/t8-/m0/s1. The van der Waals surface area contributed by atoms with Crippen LogP contribution in [0.5, 0.6) is 0 Å². The predicted octanol–water partition coefficient (Wildman–Crippen LogP) is 0.889. The molecule has 1 fully saturated rings. The molecule has 0 spiro atoms. The average molecular weight is 241 g/mol. The number of rotatable bonds is 4. The second kappa shape index (κ2) is 5.36. The topological polar surface area (TPSA) is 64.1 Å². The number of carbonyl (C=O) groups excluding carboxylic acids is 1. The van der Waals surface area contributed by atoms with Crippen LogP contribution in [0.15, 0.2) is 0 Å². The van der Waals surface area contributed by atoms with Gasteiger partial charge in [-0.25, -0.2) is 0 Å². The molecule has 1 atom stereocenters. The van der Waals surface area contributed by atoms with Gasteiger partial charge in [-0.05, 0) is 30.8 Å². The molecular formula is C10H15N3O2S. The molecule has 1 aromatic heterocycles. The monoisotopic (exact) mass is 241 g/mol. The van der Waals surface area contributed by atoms with Crippen LogP contribution < -0.4 is 5.32 Å². The normalized spacial score (nSPS) is 19.9. The Morgan fingerprint density at radius 1 is 1.69 bits per heavy atom. The molecule has 5 nitrogen and oxygen atoms in total. The maximum atomic E-state index is 11.6. The summed E-state index contributed by atoms with van der Waals surface area (Å²) in [6, 6.07) is 0. The maximum Gasteiger partial charge on any atom is 0.220 e. The molecule has 2 rings (SSSR count). The van der Waals surface area contributed by atoms with Gasteiger partial charge in [0.1, 0.15) is 0 Å². The summed E-state index contributed by atoms with van der Waals surface area (Å²) < 4.78 is 9.05. The number of ether oxygens (including phenoxy) is 1. The van der Waals surface area contributed by atoms with Crippen molar-refractivity contribution in [3.63, 3.8) is 0 Å². The van der Waals surface area contributed by atoms with Gasteiger partial charge >= 0.3 is 0 Å². The quantitative estimate of drug-likeness (QED) is 0.850. The first-order valence-corrected chi connectivity index (χ1v) is 6.15. The zero-order valence-electron chi connectivity index (χ0n) is 9.23. The molecule has 2 heterocycles. The lowest BCUT2D eigenvalue weighted by Gasteiger charge is -2.07. The van der Waals surface area contributed by atoms with Crippen molar-refractivity contribution in [2.75, 3.05) is 13.2 Å². The van der Waals surface area contributed by atoms with Crippen molar-refractivity contribution in [3.05, 3.63) is 10.6 Å². The first-order chi connectivity index (χ1) is 7.75. The van der Waals surface area contributed by atoms with Gasteiger partial charge in [-0.1, -0.05) is 4.49 Å². The first-order valence-electron chi connectivity index (χ1n) is 5.38. The Balaban J connectivity index is 1.73. The van der Waals surface area contributed by atoms with Crippen molar-refractivity contribution in [2.45, 2.75) is 26.3 Å². The van der Waals surface area contributed by atoms with Crippen LogP contribution in [-0.2, 0) is 16.1 Å². The minimum Gasteiger partial charge on any atom is -0.381 e. The Morgan fingerprint density at radius 2 is 2.56 bits per heavy atom. The fraction of sp³-hybridized carbons (Fsp3) is 0.700. The van der Waals surface area contributed by atoms with E-state index in [-0.39, 0.29) is 5.91 Å². The second-order valence-electron chi connectivity index (χ2n) is 3.99. The predicted molar refractivity (Wildman–Crippen MR) is 60.0 cm³/mol. The van der Waals surface area contributed by atoms with E-state index >= 15 is 0 Å². The van der Waals surface area contributed by atoms with E-state index in [4.69, 9.17) is 4.74 Å². The summed E-state index contributed by atoms with van der Waals surface area (Å²) in [6.45, 7) is 3.94. The Labute approximate surface area is 98.4 Å². The van der Waals surface area contributed by atoms with E-state index in [2.05, 4.69) is 14.9 Å². The average Bonchev–Trinajstić information content (AvgIpc) is 2.87. The van der Waals surface area contributed by atoms with Crippen molar-refractivity contribution < 1.29 is 9.53 Å². The van der Waals surface area contributed by atoms with Crippen LogP contribution in [0.1, 0.15) is 23.4 Å². The summed E-state index contributed by atoms with van der Waals surface area (Å²) in [4.78, 5) is 12.6. The lowest BCUT2D eigenvalue weighted by molar-refractivity contribution is -0.122. The van der Waals surface area contributed by atoms with Crippen LogP contribution in [0, 0.1) is 12.8 Å². The van der Waals surface area contributed by atoms with E-state index in [1.54, 1.807) is 0 Å². The maximum absolute atomic E-state index is 11.6. The highest BCUT2D eigenvalue weighted by Crippen LogP contribution is 2.16. The third kappa shape index (κ3) is 2.99. The second-order valence-corrected chi connectivity index (χ2v) is 4.83. The van der Waals surface area contributed by atoms with Crippen LogP contribution >= 0.6 is 11.5 Å². The zero-order chi connectivity index (χ0) is 11.4. The minimum absolute atomic E-state index is 0.0864. The lowest BCUT2D eigenvalue weighted by atomic mass is 10.1. The molecule has 1 saturated heterocycles. The summed E-state index contributed by atoms with van der Waals surface area (Å²) in [5.74, 6) is 0.476. The molecule has 1 aliphatic rings. The lowest BCUT2D eigenvalue weighted by Crippen LogP contribution is -2.25. The molecule has 0 aliphatic carbocycles. The molecular weight excluding hydrogens is 226 g/mol. The van der Waals surface area contributed by atoms with Gasteiger partial charge in [0.25, 0.3) is 0 Å². The Morgan fingerprint density at radius 3 is 3.19 bits per heavy atom. The largest absolute Gasteiger partial charge is 0.381 e. The van der Waals surface area contributed by atoms with Crippen LogP contribution in [0.4, 0.5) is 0 Å². The molecule has 0 aromatic carbocycles. The van der Waals surface area contributed by atoms with Gasteiger partial charge in [-0.2, -0.15) is 0 Å². The molecule has 88 valence electrons. The van der Waals surface area contributed by atoms with Crippen LogP contribution in [0.2, 0.25) is 0 Å². The number of nitrogens with one attached hydrogen (secondary N) is 1. The third-order valence-electron chi connectivity index (χ3n) is 2.69. The number of carbonyl (C=O) groups is 1. The van der Waals surface area contributed by atoms with Gasteiger partial charge in [-0.3, -0.25) is 4.79 Å². The molecule has 0 unspecified atom stereocenters. The van der Waals surface area contributed by atoms with E-state index in [9.17, 15) is 4.79 Å². The number of hydrogen-bond donors (Lipinski definition) is 1. The Kier molecular flexibility index (Phi) is 3.84. The van der Waals surface area contributed by atoms with Crippen molar-refractivity contribution in [3.8, 4) is 0 Å². The summed E-state index contributed by atoms with van der Waals surface area (Å²) in [5, 5.41) is 6.78. The minimum atomic E-state index is 0.0864. The van der Waals surface area contributed by atoms with Gasteiger partial charge in [0.15, 0.2) is 0 Å². The van der Waals surface area contributed by atoms with Gasteiger partial charge < -0.3 is 10.1 Å². The van der Waals surface area contributed by atoms with Gasteiger partial charge in [0.2, 0.25) is 5.91 Å². The molecule has 6 heteroatoms. The SMILES string of the molecule is Cc1nnsc1CNC(=O)C[C@@H]1CCOC1. The molecule has 0 radical (unpaired) electrons. The number of amides is 1. The fourth-order valence-electron chi connectivity index (χ4n) is 1.67. The Bertz CT molecular complexity index is 361. The highest BCUT2D eigenvalue weighted by atomic mass is 32.1. The summed E-state index contributed by atoms with van der Waals surface area (Å²) in [6.07, 6.45) is 1.56. The van der Waals surface area contributed by atoms with E-state index in [1.165, 1.54) is 11.5 Å². The summed E-state index contributed by atoms with van der Waals surface area (Å²) >= 11 is 1.33. The van der Waals surface area contributed by atoms with E-state index in [1.807, 2.05) is 6.92 Å². The van der Waals surface area contributed by atoms with Gasteiger partial charge in [0, 0.05) is 19.6 Å². The molecule has 0 saturated carbocycles. The van der Waals surface area contributed by atoms with Crippen LogP contribution in [0.3, 0.4) is 0 Å². The summed E-state index contributed by atoms with van der Waals surface area (Å²) in [7, 11) is 0. The molecule has 1 amide bonds.